The summed E-state index contributed by atoms with van der Waals surface area (Å²) >= 11 is 0. The maximum Gasteiger partial charge on any atom is 0.123 e. The van der Waals surface area contributed by atoms with Crippen molar-refractivity contribution in [2.24, 2.45) is 0 Å². The highest BCUT2D eigenvalue weighted by molar-refractivity contribution is 5.44. The van der Waals surface area contributed by atoms with Gasteiger partial charge in [0, 0.05) is 6.54 Å². The van der Waals surface area contributed by atoms with Crippen LogP contribution in [0.4, 0.5) is 5.69 Å². The molecule has 0 saturated heterocycles. The third-order valence-corrected chi connectivity index (χ3v) is 2.87. The molecule has 1 unspecified atom stereocenters. The summed E-state index contributed by atoms with van der Waals surface area (Å²) in [7, 11) is 0. The number of nitrogens with zero attached hydrogens (tertiary/aromatic N) is 2. The first-order valence-corrected chi connectivity index (χ1v) is 6.12. The average Bonchev–Trinajstić information content (AvgIpc) is 2.89. The van der Waals surface area contributed by atoms with Gasteiger partial charge >= 0.3 is 0 Å². The minimum absolute atomic E-state index is 0.529. The number of pyridine rings is 1. The molecule has 0 aliphatic heterocycles. The molecule has 2 aromatic rings. The molecule has 96 valence electrons. The fourth-order valence-corrected chi connectivity index (χ4v) is 1.81. The van der Waals surface area contributed by atoms with Gasteiger partial charge in [0.1, 0.15) is 5.76 Å². The van der Waals surface area contributed by atoms with Crippen molar-refractivity contribution >= 4 is 5.69 Å². The van der Waals surface area contributed by atoms with E-state index in [1.54, 1.807) is 19.4 Å². The Bertz CT molecular complexity index is 463. The number of anilines is 1. The van der Waals surface area contributed by atoms with Crippen LogP contribution >= 0.6 is 0 Å². The van der Waals surface area contributed by atoms with Crippen LogP contribution in [0.1, 0.15) is 31.4 Å². The number of hydrogen-bond donors (Lipinski definition) is 1. The lowest BCUT2D eigenvalue weighted by atomic mass is 10.2. The van der Waals surface area contributed by atoms with Gasteiger partial charge in [-0.05, 0) is 38.1 Å². The zero-order chi connectivity index (χ0) is 13.0. The monoisotopic (exact) mass is 246 g/mol. The van der Waals surface area contributed by atoms with E-state index < -0.39 is 6.10 Å². The lowest BCUT2D eigenvalue weighted by molar-refractivity contribution is 0.194. The molecule has 18 heavy (non-hydrogen) atoms. The van der Waals surface area contributed by atoms with Crippen LogP contribution in [-0.4, -0.2) is 16.6 Å². The molecular weight excluding hydrogens is 228 g/mol. The second-order valence-electron chi connectivity index (χ2n) is 4.21. The highest BCUT2D eigenvalue weighted by atomic mass is 16.3. The van der Waals surface area contributed by atoms with E-state index in [0.29, 0.717) is 5.69 Å². The van der Waals surface area contributed by atoms with E-state index in [1.165, 1.54) is 0 Å². The van der Waals surface area contributed by atoms with E-state index in [4.69, 9.17) is 4.42 Å². The topological polar surface area (TPSA) is 49.5 Å². The molecule has 0 bridgehead atoms. The first kappa shape index (κ1) is 12.6. The van der Waals surface area contributed by atoms with E-state index in [-0.39, 0.29) is 0 Å². The van der Waals surface area contributed by atoms with Gasteiger partial charge in [0.25, 0.3) is 0 Å². The van der Waals surface area contributed by atoms with Crippen LogP contribution < -0.4 is 4.90 Å². The molecule has 0 saturated carbocycles. The fourth-order valence-electron chi connectivity index (χ4n) is 1.81. The van der Waals surface area contributed by atoms with E-state index in [1.807, 2.05) is 24.3 Å². The van der Waals surface area contributed by atoms with Crippen LogP contribution in [-0.2, 0) is 6.54 Å². The highest BCUT2D eigenvalue weighted by Crippen LogP contribution is 2.18. The van der Waals surface area contributed by atoms with Crippen molar-refractivity contribution in [2.75, 3.05) is 11.4 Å². The molecule has 4 nitrogen and oxygen atoms in total. The lowest BCUT2D eigenvalue weighted by Crippen LogP contribution is -2.21. The molecule has 4 heteroatoms. The Labute approximate surface area is 107 Å². The molecule has 0 aliphatic rings. The number of furan rings is 1. The lowest BCUT2D eigenvalue weighted by Gasteiger charge is -2.21. The Morgan fingerprint density at radius 2 is 2.22 bits per heavy atom. The quantitative estimate of drug-likeness (QED) is 0.881. The predicted molar refractivity (Wildman–Crippen MR) is 70.3 cm³/mol. The van der Waals surface area contributed by atoms with Crippen LogP contribution in [0, 0.1) is 0 Å². The Balaban J connectivity index is 2.12. The summed E-state index contributed by atoms with van der Waals surface area (Å²) in [5.41, 5.74) is 1.71. The van der Waals surface area contributed by atoms with E-state index in [0.717, 1.165) is 24.5 Å². The standard InChI is InChI=1S/C14H18N2O2/c1-3-16(10-13-5-4-8-18-13)12-6-7-14(11(2)17)15-9-12/h4-9,11,17H,3,10H2,1-2H3. The second kappa shape index (κ2) is 5.69. The molecule has 0 amide bonds. The summed E-state index contributed by atoms with van der Waals surface area (Å²) in [6.45, 7) is 5.39. The van der Waals surface area contributed by atoms with Gasteiger partial charge in [-0.25, -0.2) is 0 Å². The molecule has 1 N–H and O–H groups in total. The van der Waals surface area contributed by atoms with Crippen LogP contribution in [0.2, 0.25) is 0 Å². The third-order valence-electron chi connectivity index (χ3n) is 2.87. The number of rotatable bonds is 5. The van der Waals surface area contributed by atoms with Gasteiger partial charge < -0.3 is 14.4 Å². The maximum absolute atomic E-state index is 9.43. The first-order chi connectivity index (χ1) is 8.70. The van der Waals surface area contributed by atoms with Crippen molar-refractivity contribution < 1.29 is 9.52 Å². The number of aliphatic hydroxyl groups excluding tert-OH is 1. The number of hydrogen-bond acceptors (Lipinski definition) is 4. The smallest absolute Gasteiger partial charge is 0.123 e. The molecule has 2 aromatic heterocycles. The number of aromatic nitrogens is 1. The Kier molecular flexibility index (Phi) is 3.99. The van der Waals surface area contributed by atoms with E-state index in [9.17, 15) is 5.11 Å². The zero-order valence-corrected chi connectivity index (χ0v) is 10.7. The SMILES string of the molecule is CCN(Cc1ccco1)c1ccc(C(C)O)nc1. The minimum Gasteiger partial charge on any atom is -0.467 e. The molecule has 0 spiro atoms. The zero-order valence-electron chi connectivity index (χ0n) is 10.7. The Hall–Kier alpha value is -1.81. The van der Waals surface area contributed by atoms with Gasteiger partial charge in [0.2, 0.25) is 0 Å². The van der Waals surface area contributed by atoms with Crippen LogP contribution in [0.25, 0.3) is 0 Å². The highest BCUT2D eigenvalue weighted by Gasteiger charge is 2.08. The van der Waals surface area contributed by atoms with Crippen molar-refractivity contribution in [3.8, 4) is 0 Å². The molecule has 2 rings (SSSR count). The molecule has 0 aliphatic carbocycles. The van der Waals surface area contributed by atoms with Gasteiger partial charge in [0.15, 0.2) is 0 Å². The normalized spacial score (nSPS) is 12.4. The molecule has 0 aromatic carbocycles. The summed E-state index contributed by atoms with van der Waals surface area (Å²) in [4.78, 5) is 6.42. The summed E-state index contributed by atoms with van der Waals surface area (Å²) < 4.78 is 5.35. The van der Waals surface area contributed by atoms with E-state index >= 15 is 0 Å². The first-order valence-electron chi connectivity index (χ1n) is 6.12. The summed E-state index contributed by atoms with van der Waals surface area (Å²) in [5.74, 6) is 0.927. The fraction of sp³-hybridized carbons (Fsp3) is 0.357. The van der Waals surface area contributed by atoms with E-state index in [2.05, 4.69) is 16.8 Å². The van der Waals surface area contributed by atoms with Gasteiger partial charge in [-0.1, -0.05) is 0 Å². The van der Waals surface area contributed by atoms with Crippen molar-refractivity contribution in [1.82, 2.24) is 4.98 Å². The summed E-state index contributed by atoms with van der Waals surface area (Å²) in [6.07, 6.45) is 2.94. The molecular formula is C14H18N2O2. The van der Waals surface area contributed by atoms with Gasteiger partial charge in [-0.3, -0.25) is 4.98 Å². The summed E-state index contributed by atoms with van der Waals surface area (Å²) in [5, 5.41) is 9.43. The van der Waals surface area contributed by atoms with Gasteiger partial charge in [0.05, 0.1) is 36.5 Å². The van der Waals surface area contributed by atoms with Crippen molar-refractivity contribution in [3.63, 3.8) is 0 Å². The molecule has 1 atom stereocenters. The Morgan fingerprint density at radius 1 is 1.39 bits per heavy atom. The predicted octanol–water partition coefficient (Wildman–Crippen LogP) is 2.75. The number of aliphatic hydroxyl groups is 1. The largest absolute Gasteiger partial charge is 0.467 e. The van der Waals surface area contributed by atoms with Crippen LogP contribution in [0.3, 0.4) is 0 Å². The van der Waals surface area contributed by atoms with Crippen molar-refractivity contribution in [2.45, 2.75) is 26.5 Å². The van der Waals surface area contributed by atoms with Crippen LogP contribution in [0.15, 0.2) is 41.1 Å². The minimum atomic E-state index is -0.529. The van der Waals surface area contributed by atoms with Gasteiger partial charge in [-0.2, -0.15) is 0 Å². The third kappa shape index (κ3) is 2.90. The Morgan fingerprint density at radius 3 is 2.72 bits per heavy atom. The maximum atomic E-state index is 9.43. The van der Waals surface area contributed by atoms with Crippen molar-refractivity contribution in [3.05, 3.63) is 48.2 Å². The molecule has 2 heterocycles. The summed E-state index contributed by atoms with van der Waals surface area (Å²) in [6, 6.07) is 7.67. The van der Waals surface area contributed by atoms with Crippen molar-refractivity contribution in [1.29, 1.82) is 0 Å². The average molecular weight is 246 g/mol. The van der Waals surface area contributed by atoms with Gasteiger partial charge in [-0.15, -0.1) is 0 Å². The second-order valence-corrected chi connectivity index (χ2v) is 4.21. The molecule has 0 radical (unpaired) electrons. The molecule has 0 fully saturated rings. The van der Waals surface area contributed by atoms with Crippen LogP contribution in [0.5, 0.6) is 0 Å².